The minimum absolute atomic E-state index is 0.0851. The number of nitrogens with zero attached hydrogens (tertiary/aromatic N) is 2. The van der Waals surface area contributed by atoms with Crippen LogP contribution in [0.4, 0.5) is 6.01 Å². The van der Waals surface area contributed by atoms with Gasteiger partial charge in [-0.3, -0.25) is 10.1 Å². The van der Waals surface area contributed by atoms with Crippen LogP contribution in [0.25, 0.3) is 11.5 Å². The Hall–Kier alpha value is -2.28. The fourth-order valence-electron chi connectivity index (χ4n) is 2.09. The molecule has 0 spiro atoms. The summed E-state index contributed by atoms with van der Waals surface area (Å²) >= 11 is 17.8. The molecule has 128 valence electrons. The Labute approximate surface area is 157 Å². The Morgan fingerprint density at radius 3 is 2.44 bits per heavy atom. The molecule has 2 aromatic carbocycles. The van der Waals surface area contributed by atoms with Crippen LogP contribution in [0, 0.1) is 0 Å². The Morgan fingerprint density at radius 1 is 1.04 bits per heavy atom. The molecule has 3 aromatic rings. The first-order valence-corrected chi connectivity index (χ1v) is 8.04. The highest BCUT2D eigenvalue weighted by Gasteiger charge is 2.17. The van der Waals surface area contributed by atoms with E-state index in [0.29, 0.717) is 26.4 Å². The number of hydrogen-bond acceptors (Lipinski definition) is 5. The van der Waals surface area contributed by atoms with Gasteiger partial charge in [-0.2, -0.15) is 0 Å². The lowest BCUT2D eigenvalue weighted by atomic mass is 10.2. The molecule has 0 fully saturated rings. The Balaban J connectivity index is 1.84. The zero-order valence-electron chi connectivity index (χ0n) is 12.7. The molecule has 6 nitrogen and oxygen atoms in total. The summed E-state index contributed by atoms with van der Waals surface area (Å²) in [7, 11) is 1.45. The smallest absolute Gasteiger partial charge is 0.322 e. The number of aromatic nitrogens is 2. The predicted octanol–water partition coefficient (Wildman–Crippen LogP) is 4.96. The lowest BCUT2D eigenvalue weighted by Crippen LogP contribution is -2.13. The van der Waals surface area contributed by atoms with Crippen molar-refractivity contribution in [2.45, 2.75) is 0 Å². The van der Waals surface area contributed by atoms with E-state index in [1.807, 2.05) is 0 Å². The zero-order chi connectivity index (χ0) is 18.0. The lowest BCUT2D eigenvalue weighted by Gasteiger charge is -2.07. The van der Waals surface area contributed by atoms with E-state index < -0.39 is 5.91 Å². The summed E-state index contributed by atoms with van der Waals surface area (Å²) in [6, 6.07) is 9.41. The Bertz CT molecular complexity index is 923. The van der Waals surface area contributed by atoms with E-state index in [2.05, 4.69) is 15.5 Å². The summed E-state index contributed by atoms with van der Waals surface area (Å²) < 4.78 is 10.6. The zero-order valence-corrected chi connectivity index (χ0v) is 15.0. The van der Waals surface area contributed by atoms with Crippen LogP contribution in [-0.2, 0) is 0 Å². The number of halogens is 3. The van der Waals surface area contributed by atoms with E-state index in [-0.39, 0.29) is 17.5 Å². The van der Waals surface area contributed by atoms with Crippen molar-refractivity contribution in [3.63, 3.8) is 0 Å². The van der Waals surface area contributed by atoms with Crippen LogP contribution in [0.15, 0.2) is 40.8 Å². The van der Waals surface area contributed by atoms with Crippen molar-refractivity contribution in [2.24, 2.45) is 0 Å². The third-order valence-electron chi connectivity index (χ3n) is 3.16. The lowest BCUT2D eigenvalue weighted by molar-refractivity contribution is 0.102. The maximum atomic E-state index is 12.4. The Morgan fingerprint density at radius 2 is 1.76 bits per heavy atom. The first-order valence-electron chi connectivity index (χ1n) is 6.91. The van der Waals surface area contributed by atoms with Gasteiger partial charge < -0.3 is 9.15 Å². The summed E-state index contributed by atoms with van der Waals surface area (Å²) in [5, 5.41) is 11.4. The van der Waals surface area contributed by atoms with E-state index >= 15 is 0 Å². The summed E-state index contributed by atoms with van der Waals surface area (Å²) in [6.07, 6.45) is 0. The third-order valence-corrected chi connectivity index (χ3v) is 3.83. The molecule has 0 aliphatic carbocycles. The van der Waals surface area contributed by atoms with E-state index in [0.717, 1.165) is 0 Å². The van der Waals surface area contributed by atoms with E-state index in [1.165, 1.54) is 13.2 Å². The van der Waals surface area contributed by atoms with Gasteiger partial charge in [-0.1, -0.05) is 39.9 Å². The van der Waals surface area contributed by atoms with E-state index in [4.69, 9.17) is 44.0 Å². The van der Waals surface area contributed by atoms with E-state index in [9.17, 15) is 4.79 Å². The van der Waals surface area contributed by atoms with Gasteiger partial charge >= 0.3 is 6.01 Å². The minimum atomic E-state index is -0.501. The summed E-state index contributed by atoms with van der Waals surface area (Å²) in [5.41, 5.74) is 0.770. The highest BCUT2D eigenvalue weighted by atomic mass is 35.5. The maximum Gasteiger partial charge on any atom is 0.322 e. The molecule has 0 aliphatic heterocycles. The van der Waals surface area contributed by atoms with Gasteiger partial charge in [-0.05, 0) is 36.4 Å². The van der Waals surface area contributed by atoms with Crippen LogP contribution in [0.1, 0.15) is 10.4 Å². The molecule has 9 heteroatoms. The molecule has 0 atom stereocenters. The van der Waals surface area contributed by atoms with E-state index in [1.54, 1.807) is 30.3 Å². The van der Waals surface area contributed by atoms with Gasteiger partial charge in [0.25, 0.3) is 5.91 Å². The molecule has 25 heavy (non-hydrogen) atoms. The Kier molecular flexibility index (Phi) is 5.13. The summed E-state index contributed by atoms with van der Waals surface area (Å²) in [6.45, 7) is 0. The van der Waals surface area contributed by atoms with Gasteiger partial charge in [0.15, 0.2) is 0 Å². The molecular formula is C16H10Cl3N3O3. The molecular weight excluding hydrogens is 389 g/mol. The molecule has 0 saturated heterocycles. The molecule has 0 bridgehead atoms. The number of methoxy groups -OCH3 is 1. The number of rotatable bonds is 4. The second-order valence-corrected chi connectivity index (χ2v) is 6.18. The number of nitrogens with one attached hydrogen (secondary N) is 1. The molecule has 1 heterocycles. The van der Waals surface area contributed by atoms with Crippen molar-refractivity contribution in [3.05, 3.63) is 57.0 Å². The molecule has 0 saturated carbocycles. The number of anilines is 1. The van der Waals surface area contributed by atoms with Crippen LogP contribution < -0.4 is 10.1 Å². The quantitative estimate of drug-likeness (QED) is 0.672. The van der Waals surface area contributed by atoms with Crippen LogP contribution in [0.3, 0.4) is 0 Å². The monoisotopic (exact) mass is 397 g/mol. The van der Waals surface area contributed by atoms with Crippen LogP contribution in [-0.4, -0.2) is 23.2 Å². The normalized spacial score (nSPS) is 10.6. The largest absolute Gasteiger partial charge is 0.496 e. The average molecular weight is 399 g/mol. The number of carbonyl (C=O) groups is 1. The first kappa shape index (κ1) is 17.5. The topological polar surface area (TPSA) is 77.2 Å². The SMILES string of the molecule is COc1ccc(Cl)cc1C(=O)Nc1nnc(-c2cc(Cl)cc(Cl)c2)o1. The molecule has 1 N–H and O–H groups in total. The second kappa shape index (κ2) is 7.31. The number of ether oxygens (including phenoxy) is 1. The third kappa shape index (κ3) is 4.04. The molecule has 0 unspecified atom stereocenters. The van der Waals surface area contributed by atoms with Gasteiger partial charge in [-0.15, -0.1) is 5.10 Å². The van der Waals surface area contributed by atoms with Crippen LogP contribution >= 0.6 is 34.8 Å². The summed E-state index contributed by atoms with van der Waals surface area (Å²) in [4.78, 5) is 12.4. The van der Waals surface area contributed by atoms with Gasteiger partial charge in [0, 0.05) is 20.6 Å². The van der Waals surface area contributed by atoms with Gasteiger partial charge in [0.2, 0.25) is 5.89 Å². The highest BCUT2D eigenvalue weighted by Crippen LogP contribution is 2.28. The molecule has 0 aliphatic rings. The first-order chi connectivity index (χ1) is 12.0. The van der Waals surface area contributed by atoms with Crippen LogP contribution in [0.2, 0.25) is 15.1 Å². The molecule has 0 radical (unpaired) electrons. The number of benzene rings is 2. The number of hydrogen-bond donors (Lipinski definition) is 1. The standard InChI is InChI=1S/C16H10Cl3N3O3/c1-24-13-3-2-9(17)7-12(13)14(23)20-16-22-21-15(25-16)8-4-10(18)6-11(19)5-8/h2-7H,1H3,(H,20,22,23). The number of amides is 1. The van der Waals surface area contributed by atoms with Crippen LogP contribution in [0.5, 0.6) is 5.75 Å². The number of carbonyl (C=O) groups excluding carboxylic acids is 1. The fraction of sp³-hybridized carbons (Fsp3) is 0.0625. The molecule has 1 amide bonds. The van der Waals surface area contributed by atoms with Gasteiger partial charge in [-0.25, -0.2) is 0 Å². The average Bonchev–Trinajstić information content (AvgIpc) is 3.02. The van der Waals surface area contributed by atoms with Crippen molar-refractivity contribution in [3.8, 4) is 17.2 Å². The predicted molar refractivity (Wildman–Crippen MR) is 95.7 cm³/mol. The van der Waals surface area contributed by atoms with Crippen molar-refractivity contribution in [1.82, 2.24) is 10.2 Å². The second-order valence-electron chi connectivity index (χ2n) is 4.87. The van der Waals surface area contributed by atoms with Crippen molar-refractivity contribution in [2.75, 3.05) is 12.4 Å². The minimum Gasteiger partial charge on any atom is -0.496 e. The summed E-state index contributed by atoms with van der Waals surface area (Å²) in [5.74, 6) is 0.0275. The highest BCUT2D eigenvalue weighted by molar-refractivity contribution is 6.35. The van der Waals surface area contributed by atoms with Gasteiger partial charge in [0.05, 0.1) is 12.7 Å². The molecule has 1 aromatic heterocycles. The van der Waals surface area contributed by atoms with Crippen molar-refractivity contribution < 1.29 is 13.9 Å². The van der Waals surface area contributed by atoms with Gasteiger partial charge in [0.1, 0.15) is 5.75 Å². The maximum absolute atomic E-state index is 12.4. The van der Waals surface area contributed by atoms with Crippen molar-refractivity contribution in [1.29, 1.82) is 0 Å². The fourth-order valence-corrected chi connectivity index (χ4v) is 2.79. The molecule has 3 rings (SSSR count). The van der Waals surface area contributed by atoms with Crippen molar-refractivity contribution >= 4 is 46.7 Å².